The van der Waals surface area contributed by atoms with E-state index in [0.717, 1.165) is 5.69 Å². The van der Waals surface area contributed by atoms with Crippen LogP contribution in [0.15, 0.2) is 24.4 Å². The number of pyridine rings is 1. The van der Waals surface area contributed by atoms with Gasteiger partial charge >= 0.3 is 0 Å². The van der Waals surface area contributed by atoms with E-state index in [4.69, 9.17) is 0 Å². The molecule has 0 saturated carbocycles. The average molecular weight is 325 g/mol. The largest absolute Gasteiger partial charge is 0.355 e. The van der Waals surface area contributed by atoms with Crippen LogP contribution in [0, 0.1) is 5.92 Å². The molecule has 22 heavy (non-hydrogen) atoms. The molecule has 1 aromatic rings. The molecule has 1 saturated heterocycles. The van der Waals surface area contributed by atoms with Crippen LogP contribution < -0.4 is 5.32 Å². The number of hydrogen-bond acceptors (Lipinski definition) is 4. The van der Waals surface area contributed by atoms with Gasteiger partial charge in [-0.15, -0.1) is 0 Å². The standard InChI is InChI=1S/C15H23N3O3S/c1-2-22(20,21)18-11-7-13(8-12-18)15(19)17-10-6-14-5-3-4-9-16-14/h3-5,9,13H,2,6-8,10-12H2,1H3,(H,17,19). The lowest BCUT2D eigenvalue weighted by atomic mass is 9.97. The molecule has 0 aliphatic carbocycles. The molecule has 0 radical (unpaired) electrons. The van der Waals surface area contributed by atoms with Crippen LogP contribution in [0.25, 0.3) is 0 Å². The molecule has 122 valence electrons. The highest BCUT2D eigenvalue weighted by molar-refractivity contribution is 7.89. The molecule has 1 N–H and O–H groups in total. The maximum absolute atomic E-state index is 12.1. The minimum absolute atomic E-state index is 0.0180. The van der Waals surface area contributed by atoms with Crippen molar-refractivity contribution in [3.63, 3.8) is 0 Å². The Kier molecular flexibility index (Phi) is 5.90. The summed E-state index contributed by atoms with van der Waals surface area (Å²) in [6, 6.07) is 5.72. The van der Waals surface area contributed by atoms with Crippen molar-refractivity contribution in [2.45, 2.75) is 26.2 Å². The Balaban J connectivity index is 1.73. The molecule has 1 aliphatic heterocycles. The Morgan fingerprint density at radius 3 is 2.68 bits per heavy atom. The third kappa shape index (κ3) is 4.51. The van der Waals surface area contributed by atoms with Crippen molar-refractivity contribution < 1.29 is 13.2 Å². The molecule has 6 nitrogen and oxygen atoms in total. The molecule has 1 fully saturated rings. The Bertz CT molecular complexity index is 581. The zero-order valence-corrected chi connectivity index (χ0v) is 13.7. The van der Waals surface area contributed by atoms with E-state index >= 15 is 0 Å². The Morgan fingerprint density at radius 2 is 2.09 bits per heavy atom. The van der Waals surface area contributed by atoms with Crippen LogP contribution >= 0.6 is 0 Å². The molecule has 1 amide bonds. The van der Waals surface area contributed by atoms with Gasteiger partial charge in [0.25, 0.3) is 0 Å². The summed E-state index contributed by atoms with van der Waals surface area (Å²) < 4.78 is 25.0. The van der Waals surface area contributed by atoms with Crippen molar-refractivity contribution in [2.75, 3.05) is 25.4 Å². The van der Waals surface area contributed by atoms with E-state index in [-0.39, 0.29) is 17.6 Å². The van der Waals surface area contributed by atoms with E-state index in [1.54, 1.807) is 13.1 Å². The monoisotopic (exact) mass is 325 g/mol. The number of aromatic nitrogens is 1. The molecule has 2 rings (SSSR count). The summed E-state index contributed by atoms with van der Waals surface area (Å²) in [6.45, 7) is 3.08. The van der Waals surface area contributed by atoms with Crippen molar-refractivity contribution in [3.8, 4) is 0 Å². The van der Waals surface area contributed by atoms with Crippen molar-refractivity contribution in [1.29, 1.82) is 0 Å². The number of piperidine rings is 1. The highest BCUT2D eigenvalue weighted by atomic mass is 32.2. The second-order valence-electron chi connectivity index (χ2n) is 5.44. The van der Waals surface area contributed by atoms with E-state index < -0.39 is 10.0 Å². The Labute approximate surface area is 132 Å². The normalized spacial score (nSPS) is 17.3. The number of nitrogens with zero attached hydrogens (tertiary/aromatic N) is 2. The number of nitrogens with one attached hydrogen (secondary N) is 1. The molecule has 2 heterocycles. The maximum Gasteiger partial charge on any atom is 0.223 e. The lowest BCUT2D eigenvalue weighted by Gasteiger charge is -2.30. The third-order valence-electron chi connectivity index (χ3n) is 3.99. The second-order valence-corrected chi connectivity index (χ2v) is 7.69. The van der Waals surface area contributed by atoms with Gasteiger partial charge in [0.1, 0.15) is 0 Å². The highest BCUT2D eigenvalue weighted by Crippen LogP contribution is 2.19. The summed E-state index contributed by atoms with van der Waals surface area (Å²) in [5.41, 5.74) is 0.951. The SMILES string of the molecule is CCS(=O)(=O)N1CCC(C(=O)NCCc2ccccn2)CC1. The van der Waals surface area contributed by atoms with Gasteiger partial charge in [0, 0.05) is 43.9 Å². The molecule has 0 aromatic carbocycles. The number of carbonyl (C=O) groups excluding carboxylic acids is 1. The lowest BCUT2D eigenvalue weighted by molar-refractivity contribution is -0.126. The van der Waals surface area contributed by atoms with Gasteiger partial charge in [-0.2, -0.15) is 0 Å². The van der Waals surface area contributed by atoms with Gasteiger partial charge < -0.3 is 5.32 Å². The van der Waals surface area contributed by atoms with Crippen LogP contribution in [0.5, 0.6) is 0 Å². The molecule has 0 unspecified atom stereocenters. The molecule has 0 spiro atoms. The number of carbonyl (C=O) groups is 1. The molecule has 1 aliphatic rings. The van der Waals surface area contributed by atoms with E-state index in [9.17, 15) is 13.2 Å². The van der Waals surface area contributed by atoms with Gasteiger partial charge in [0.15, 0.2) is 0 Å². The fourth-order valence-corrected chi connectivity index (χ4v) is 3.72. The summed E-state index contributed by atoms with van der Waals surface area (Å²) in [7, 11) is -3.13. The van der Waals surface area contributed by atoms with Crippen LogP contribution in [0.4, 0.5) is 0 Å². The fraction of sp³-hybridized carbons (Fsp3) is 0.600. The van der Waals surface area contributed by atoms with Gasteiger partial charge in [-0.3, -0.25) is 9.78 Å². The van der Waals surface area contributed by atoms with Crippen molar-refractivity contribution >= 4 is 15.9 Å². The van der Waals surface area contributed by atoms with Gasteiger partial charge in [-0.25, -0.2) is 12.7 Å². The second kappa shape index (κ2) is 7.69. The zero-order chi connectivity index (χ0) is 16.0. The van der Waals surface area contributed by atoms with Crippen LogP contribution in [-0.2, 0) is 21.2 Å². The van der Waals surface area contributed by atoms with Gasteiger partial charge in [-0.05, 0) is 31.9 Å². The molecule has 0 bridgehead atoms. The third-order valence-corrected chi connectivity index (χ3v) is 5.87. The van der Waals surface area contributed by atoms with Crippen molar-refractivity contribution in [3.05, 3.63) is 30.1 Å². The first kappa shape index (κ1) is 16.9. The van der Waals surface area contributed by atoms with E-state index in [1.165, 1.54) is 4.31 Å². The molecule has 7 heteroatoms. The maximum atomic E-state index is 12.1. The minimum Gasteiger partial charge on any atom is -0.355 e. The smallest absolute Gasteiger partial charge is 0.223 e. The predicted octanol–water partition coefficient (Wildman–Crippen LogP) is 0.802. The Hall–Kier alpha value is -1.47. The van der Waals surface area contributed by atoms with Crippen LogP contribution in [0.3, 0.4) is 0 Å². The van der Waals surface area contributed by atoms with E-state index in [0.29, 0.717) is 38.9 Å². The van der Waals surface area contributed by atoms with Gasteiger partial charge in [0.05, 0.1) is 5.75 Å². The first-order chi connectivity index (χ1) is 10.5. The molecular weight excluding hydrogens is 302 g/mol. The first-order valence-electron chi connectivity index (χ1n) is 7.68. The van der Waals surface area contributed by atoms with E-state index in [2.05, 4.69) is 10.3 Å². The quantitative estimate of drug-likeness (QED) is 0.839. The first-order valence-corrected chi connectivity index (χ1v) is 9.29. The fourth-order valence-electron chi connectivity index (χ4n) is 2.58. The molecule has 1 aromatic heterocycles. The van der Waals surface area contributed by atoms with Crippen LogP contribution in [0.1, 0.15) is 25.5 Å². The molecular formula is C15H23N3O3S. The van der Waals surface area contributed by atoms with Crippen LogP contribution in [0.2, 0.25) is 0 Å². The highest BCUT2D eigenvalue weighted by Gasteiger charge is 2.29. The zero-order valence-electron chi connectivity index (χ0n) is 12.9. The van der Waals surface area contributed by atoms with Crippen LogP contribution in [-0.4, -0.2) is 49.0 Å². The van der Waals surface area contributed by atoms with Gasteiger partial charge in [0.2, 0.25) is 15.9 Å². The summed E-state index contributed by atoms with van der Waals surface area (Å²) in [6.07, 6.45) is 3.62. The number of rotatable bonds is 6. The van der Waals surface area contributed by atoms with Crippen molar-refractivity contribution in [1.82, 2.24) is 14.6 Å². The predicted molar refractivity (Wildman–Crippen MR) is 84.7 cm³/mol. The number of amides is 1. The topological polar surface area (TPSA) is 79.4 Å². The molecule has 0 atom stereocenters. The summed E-state index contributed by atoms with van der Waals surface area (Å²) >= 11 is 0. The van der Waals surface area contributed by atoms with Crippen molar-refractivity contribution in [2.24, 2.45) is 5.92 Å². The van der Waals surface area contributed by atoms with E-state index in [1.807, 2.05) is 18.2 Å². The number of hydrogen-bond donors (Lipinski definition) is 1. The van der Waals surface area contributed by atoms with Gasteiger partial charge in [-0.1, -0.05) is 6.07 Å². The summed E-state index contributed by atoms with van der Waals surface area (Å²) in [5.74, 6) is 0.0463. The summed E-state index contributed by atoms with van der Waals surface area (Å²) in [5, 5.41) is 2.92. The Morgan fingerprint density at radius 1 is 1.36 bits per heavy atom. The lowest BCUT2D eigenvalue weighted by Crippen LogP contribution is -2.43. The summed E-state index contributed by atoms with van der Waals surface area (Å²) in [4.78, 5) is 16.3. The number of sulfonamides is 1. The average Bonchev–Trinajstić information content (AvgIpc) is 2.56. The minimum atomic E-state index is -3.13.